The van der Waals surface area contributed by atoms with E-state index in [-0.39, 0.29) is 29.4 Å². The number of hydrogen-bond donors (Lipinski definition) is 2. The zero-order valence-corrected chi connectivity index (χ0v) is 9.92. The van der Waals surface area contributed by atoms with E-state index in [1.807, 2.05) is 6.92 Å². The van der Waals surface area contributed by atoms with Crippen LogP contribution in [0.3, 0.4) is 0 Å². The second-order valence-electron chi connectivity index (χ2n) is 4.17. The minimum absolute atomic E-state index is 0.0940. The molecule has 1 aliphatic rings. The van der Waals surface area contributed by atoms with Gasteiger partial charge in [0.25, 0.3) is 0 Å². The molecule has 0 aromatic carbocycles. The lowest BCUT2D eigenvalue weighted by Gasteiger charge is -2.13. The largest absolute Gasteiger partial charge is 0.477 e. The number of carbonyl (C=O) groups is 2. The van der Waals surface area contributed by atoms with E-state index >= 15 is 0 Å². The molecule has 2 unspecified atom stereocenters. The van der Waals surface area contributed by atoms with Gasteiger partial charge < -0.3 is 15.2 Å². The van der Waals surface area contributed by atoms with Crippen molar-refractivity contribution in [3.8, 4) is 0 Å². The number of nitrogens with one attached hydrogen (secondary N) is 1. The highest BCUT2D eigenvalue weighted by atomic mass is 16.5. The molecular weight excluding hydrogens is 236 g/mol. The van der Waals surface area contributed by atoms with Crippen molar-refractivity contribution in [3.05, 3.63) is 23.9 Å². The monoisotopic (exact) mass is 250 g/mol. The smallest absolute Gasteiger partial charge is 0.354 e. The molecule has 2 N–H and O–H groups in total. The maximum atomic E-state index is 11.9. The zero-order chi connectivity index (χ0) is 13.1. The molecule has 0 aliphatic carbocycles. The summed E-state index contributed by atoms with van der Waals surface area (Å²) in [5, 5.41) is 11.4. The molecule has 0 radical (unpaired) electrons. The lowest BCUT2D eigenvalue weighted by molar-refractivity contribution is -0.121. The van der Waals surface area contributed by atoms with Gasteiger partial charge in [-0.05, 0) is 25.5 Å². The molecule has 1 aromatic heterocycles. The van der Waals surface area contributed by atoms with Crippen LogP contribution < -0.4 is 5.32 Å². The molecule has 2 rings (SSSR count). The van der Waals surface area contributed by atoms with Crippen LogP contribution in [0.5, 0.6) is 0 Å². The van der Waals surface area contributed by atoms with Gasteiger partial charge in [0.2, 0.25) is 5.91 Å². The van der Waals surface area contributed by atoms with Crippen molar-refractivity contribution in [2.24, 2.45) is 5.92 Å². The molecule has 2 heterocycles. The second-order valence-corrected chi connectivity index (χ2v) is 4.17. The Morgan fingerprint density at radius 3 is 2.89 bits per heavy atom. The molecule has 1 aliphatic heterocycles. The van der Waals surface area contributed by atoms with E-state index in [4.69, 9.17) is 9.84 Å². The average molecular weight is 250 g/mol. The van der Waals surface area contributed by atoms with E-state index in [1.54, 1.807) is 12.1 Å². The molecule has 1 saturated heterocycles. The van der Waals surface area contributed by atoms with Crippen LogP contribution in [-0.4, -0.2) is 34.7 Å². The molecule has 1 amide bonds. The maximum Gasteiger partial charge on any atom is 0.354 e. The van der Waals surface area contributed by atoms with Gasteiger partial charge in [0, 0.05) is 6.61 Å². The molecule has 1 fully saturated rings. The topological polar surface area (TPSA) is 88.5 Å². The number of carboxylic acid groups (broad SMARTS) is 1. The molecule has 96 valence electrons. The van der Waals surface area contributed by atoms with Gasteiger partial charge in [-0.15, -0.1) is 0 Å². The summed E-state index contributed by atoms with van der Waals surface area (Å²) in [6.07, 6.45) is 0.554. The van der Waals surface area contributed by atoms with E-state index in [2.05, 4.69) is 10.3 Å². The predicted molar refractivity (Wildman–Crippen MR) is 63.3 cm³/mol. The first kappa shape index (κ1) is 12.5. The van der Waals surface area contributed by atoms with E-state index in [9.17, 15) is 9.59 Å². The summed E-state index contributed by atoms with van der Waals surface area (Å²) < 4.78 is 5.31. The van der Waals surface area contributed by atoms with Crippen molar-refractivity contribution in [1.82, 2.24) is 4.98 Å². The van der Waals surface area contributed by atoms with Crippen molar-refractivity contribution in [2.75, 3.05) is 11.9 Å². The fourth-order valence-electron chi connectivity index (χ4n) is 1.92. The summed E-state index contributed by atoms with van der Waals surface area (Å²) >= 11 is 0. The van der Waals surface area contributed by atoms with Gasteiger partial charge >= 0.3 is 5.97 Å². The van der Waals surface area contributed by atoms with Gasteiger partial charge in [-0.3, -0.25) is 4.79 Å². The highest BCUT2D eigenvalue weighted by molar-refractivity contribution is 5.93. The van der Waals surface area contributed by atoms with Gasteiger partial charge in [0.15, 0.2) is 5.69 Å². The minimum Gasteiger partial charge on any atom is -0.477 e. The first-order valence-electron chi connectivity index (χ1n) is 5.71. The highest BCUT2D eigenvalue weighted by Gasteiger charge is 2.30. The Balaban J connectivity index is 2.07. The number of anilines is 1. The van der Waals surface area contributed by atoms with Crippen LogP contribution in [-0.2, 0) is 9.53 Å². The van der Waals surface area contributed by atoms with Crippen molar-refractivity contribution < 1.29 is 19.4 Å². The molecule has 0 bridgehead atoms. The number of carbonyl (C=O) groups excluding carboxylic acids is 1. The van der Waals surface area contributed by atoms with Gasteiger partial charge in [0.1, 0.15) is 5.82 Å². The summed E-state index contributed by atoms with van der Waals surface area (Å²) in [4.78, 5) is 26.5. The first-order valence-corrected chi connectivity index (χ1v) is 5.71. The van der Waals surface area contributed by atoms with Crippen LogP contribution in [0.1, 0.15) is 23.8 Å². The number of nitrogens with zero attached hydrogens (tertiary/aromatic N) is 1. The number of aromatic nitrogens is 1. The Morgan fingerprint density at radius 2 is 2.28 bits per heavy atom. The number of amides is 1. The molecule has 6 nitrogen and oxygen atoms in total. The third-order valence-corrected chi connectivity index (χ3v) is 2.93. The third-order valence-electron chi connectivity index (χ3n) is 2.93. The molecule has 18 heavy (non-hydrogen) atoms. The standard InChI is InChI=1S/C12H14N2O4/c1-7-8(5-6-18-7)11(15)14-10-4-2-3-9(13-10)12(16)17/h2-4,7-8H,5-6H2,1H3,(H,16,17)(H,13,14,15). The van der Waals surface area contributed by atoms with E-state index < -0.39 is 5.97 Å². The molecule has 1 aromatic rings. The minimum atomic E-state index is -1.12. The Hall–Kier alpha value is -1.95. The quantitative estimate of drug-likeness (QED) is 0.839. The lowest BCUT2D eigenvalue weighted by Crippen LogP contribution is -2.28. The zero-order valence-electron chi connectivity index (χ0n) is 9.92. The number of pyridine rings is 1. The Kier molecular flexibility index (Phi) is 3.57. The van der Waals surface area contributed by atoms with Crippen LogP contribution in [0.4, 0.5) is 5.82 Å². The van der Waals surface area contributed by atoms with Crippen molar-refractivity contribution >= 4 is 17.7 Å². The predicted octanol–water partition coefficient (Wildman–Crippen LogP) is 1.14. The summed E-state index contributed by atoms with van der Waals surface area (Å²) in [5.41, 5.74) is -0.0940. The average Bonchev–Trinajstić information content (AvgIpc) is 2.76. The fraction of sp³-hybridized carbons (Fsp3) is 0.417. The molecule has 0 saturated carbocycles. The second kappa shape index (κ2) is 5.14. The van der Waals surface area contributed by atoms with E-state index in [0.717, 1.165) is 0 Å². The number of aromatic carboxylic acids is 1. The van der Waals surface area contributed by atoms with Crippen LogP contribution in [0, 0.1) is 5.92 Å². The summed E-state index contributed by atoms with van der Waals surface area (Å²) in [6.45, 7) is 2.42. The number of ether oxygens (including phenoxy) is 1. The van der Waals surface area contributed by atoms with E-state index in [0.29, 0.717) is 13.0 Å². The normalized spacial score (nSPS) is 22.7. The number of carboxylic acids is 1. The van der Waals surface area contributed by atoms with E-state index in [1.165, 1.54) is 6.07 Å². The van der Waals surface area contributed by atoms with Gasteiger partial charge in [-0.25, -0.2) is 9.78 Å². The SMILES string of the molecule is CC1OCCC1C(=O)Nc1cccc(C(=O)O)n1. The van der Waals surface area contributed by atoms with Crippen molar-refractivity contribution in [2.45, 2.75) is 19.4 Å². The fourth-order valence-corrected chi connectivity index (χ4v) is 1.92. The maximum absolute atomic E-state index is 11.9. The van der Waals surface area contributed by atoms with Crippen molar-refractivity contribution in [3.63, 3.8) is 0 Å². The summed E-state index contributed by atoms with van der Waals surface area (Å²) in [7, 11) is 0. The molecule has 6 heteroatoms. The molecule has 2 atom stereocenters. The highest BCUT2D eigenvalue weighted by Crippen LogP contribution is 2.21. The van der Waals surface area contributed by atoms with Crippen LogP contribution >= 0.6 is 0 Å². The lowest BCUT2D eigenvalue weighted by atomic mass is 10.0. The Labute approximate surface area is 104 Å². The van der Waals surface area contributed by atoms with Crippen LogP contribution in [0.2, 0.25) is 0 Å². The van der Waals surface area contributed by atoms with Gasteiger partial charge in [0.05, 0.1) is 12.0 Å². The Bertz CT molecular complexity index is 475. The number of rotatable bonds is 3. The third kappa shape index (κ3) is 2.65. The Morgan fingerprint density at radius 1 is 1.50 bits per heavy atom. The molecular formula is C12H14N2O4. The number of hydrogen-bond acceptors (Lipinski definition) is 4. The van der Waals surface area contributed by atoms with Gasteiger partial charge in [-0.2, -0.15) is 0 Å². The summed E-state index contributed by atoms with van der Waals surface area (Å²) in [6, 6.07) is 4.48. The molecule has 0 spiro atoms. The van der Waals surface area contributed by atoms with Crippen LogP contribution in [0.15, 0.2) is 18.2 Å². The summed E-state index contributed by atoms with van der Waals surface area (Å²) in [5.74, 6) is -1.27. The van der Waals surface area contributed by atoms with Gasteiger partial charge in [-0.1, -0.05) is 6.07 Å². The van der Waals surface area contributed by atoms with Crippen LogP contribution in [0.25, 0.3) is 0 Å². The first-order chi connectivity index (χ1) is 8.58. The van der Waals surface area contributed by atoms with Crippen molar-refractivity contribution in [1.29, 1.82) is 0 Å².